The zero-order valence-electron chi connectivity index (χ0n) is 15.2. The van der Waals surface area contributed by atoms with E-state index in [4.69, 9.17) is 0 Å². The Morgan fingerprint density at radius 1 is 1.31 bits per heavy atom. The van der Waals surface area contributed by atoms with Gasteiger partial charge in [-0.05, 0) is 19.1 Å². The summed E-state index contributed by atoms with van der Waals surface area (Å²) in [5.74, 6) is -1.25. The monoisotopic (exact) mass is 405 g/mol. The first-order valence-electron chi connectivity index (χ1n) is 8.52. The lowest BCUT2D eigenvalue weighted by Crippen LogP contribution is -2.18. The number of nitrogens with one attached hydrogen (secondary N) is 1. The summed E-state index contributed by atoms with van der Waals surface area (Å²) < 4.78 is 47.9. The number of esters is 1. The molecule has 0 spiro atoms. The number of benzene rings is 1. The van der Waals surface area contributed by atoms with Gasteiger partial charge in [0.15, 0.2) is 5.69 Å². The maximum absolute atomic E-state index is 13.6. The Balaban J connectivity index is 1.95. The van der Waals surface area contributed by atoms with E-state index in [1.807, 2.05) is 7.05 Å². The fraction of sp³-hybridized carbons (Fsp3) is 0.222. The minimum atomic E-state index is -4.97. The van der Waals surface area contributed by atoms with Crippen molar-refractivity contribution in [2.45, 2.75) is 13.1 Å². The van der Waals surface area contributed by atoms with Crippen molar-refractivity contribution >= 4 is 22.5 Å². The number of aromatic nitrogens is 5. The molecule has 0 unspecified atom stereocenters. The molecular weight excluding hydrogens is 391 g/mol. The lowest BCUT2D eigenvalue weighted by atomic mass is 10.1. The van der Waals surface area contributed by atoms with Gasteiger partial charge in [-0.1, -0.05) is 6.07 Å². The van der Waals surface area contributed by atoms with Crippen LogP contribution in [0.5, 0.6) is 0 Å². The van der Waals surface area contributed by atoms with E-state index in [1.54, 1.807) is 29.1 Å². The fourth-order valence-corrected chi connectivity index (χ4v) is 3.14. The molecule has 4 aromatic rings. The predicted molar refractivity (Wildman–Crippen MR) is 96.5 cm³/mol. The molecule has 0 saturated carbocycles. The topological polar surface area (TPSA) is 94.3 Å². The average Bonchev–Trinajstić information content (AvgIpc) is 3.23. The van der Waals surface area contributed by atoms with Crippen molar-refractivity contribution in [1.82, 2.24) is 24.1 Å². The number of halogens is 3. The molecule has 0 atom stereocenters. The molecule has 11 heteroatoms. The van der Waals surface area contributed by atoms with Gasteiger partial charge >= 0.3 is 12.1 Å². The molecular formula is C18H14F3N5O3. The molecule has 3 aromatic heterocycles. The molecule has 150 valence electrons. The van der Waals surface area contributed by atoms with Gasteiger partial charge in [0.05, 0.1) is 35.9 Å². The van der Waals surface area contributed by atoms with Gasteiger partial charge in [-0.2, -0.15) is 18.3 Å². The van der Waals surface area contributed by atoms with Crippen LogP contribution in [0.3, 0.4) is 0 Å². The highest BCUT2D eigenvalue weighted by Crippen LogP contribution is 2.35. The van der Waals surface area contributed by atoms with E-state index in [1.165, 1.54) is 13.1 Å². The third-order valence-corrected chi connectivity index (χ3v) is 4.41. The normalized spacial score (nSPS) is 12.0. The van der Waals surface area contributed by atoms with Crippen LogP contribution in [0.15, 0.2) is 35.5 Å². The van der Waals surface area contributed by atoms with Crippen LogP contribution in [0.25, 0.3) is 27.8 Å². The Bertz CT molecular complexity index is 1320. The molecule has 0 amide bonds. The van der Waals surface area contributed by atoms with Crippen molar-refractivity contribution < 1.29 is 22.7 Å². The summed E-state index contributed by atoms with van der Waals surface area (Å²) in [6.07, 6.45) is -2.13. The fourth-order valence-electron chi connectivity index (χ4n) is 3.14. The highest BCUT2D eigenvalue weighted by atomic mass is 19.4. The van der Waals surface area contributed by atoms with Gasteiger partial charge < -0.3 is 14.3 Å². The lowest BCUT2D eigenvalue weighted by molar-refractivity contribution is -0.136. The second-order valence-electron chi connectivity index (χ2n) is 6.29. The quantitative estimate of drug-likeness (QED) is 0.529. The largest absolute Gasteiger partial charge is 0.461 e. The lowest BCUT2D eigenvalue weighted by Gasteiger charge is -2.07. The summed E-state index contributed by atoms with van der Waals surface area (Å²) in [5, 5.41) is 3.69. The van der Waals surface area contributed by atoms with E-state index < -0.39 is 34.5 Å². The first kappa shape index (κ1) is 18.7. The van der Waals surface area contributed by atoms with Crippen molar-refractivity contribution in [3.63, 3.8) is 0 Å². The zero-order chi connectivity index (χ0) is 20.9. The van der Waals surface area contributed by atoms with Crippen LogP contribution in [0, 0.1) is 0 Å². The molecule has 1 N–H and O–H groups in total. The minimum Gasteiger partial charge on any atom is -0.461 e. The molecule has 29 heavy (non-hydrogen) atoms. The molecule has 0 saturated heterocycles. The first-order chi connectivity index (χ1) is 13.7. The third kappa shape index (κ3) is 3.04. The number of hydrogen-bond donors (Lipinski definition) is 1. The summed E-state index contributed by atoms with van der Waals surface area (Å²) in [6.45, 7) is 1.33. The molecule has 0 aliphatic carbocycles. The molecule has 0 aliphatic heterocycles. The van der Waals surface area contributed by atoms with Crippen molar-refractivity contribution in [2.75, 3.05) is 6.61 Å². The maximum atomic E-state index is 13.6. The van der Waals surface area contributed by atoms with Crippen LogP contribution in [0.2, 0.25) is 0 Å². The molecule has 3 heterocycles. The van der Waals surface area contributed by atoms with Crippen molar-refractivity contribution in [2.24, 2.45) is 7.05 Å². The average molecular weight is 405 g/mol. The number of aromatic amines is 1. The summed E-state index contributed by atoms with van der Waals surface area (Å²) in [7, 11) is 1.82. The highest BCUT2D eigenvalue weighted by molar-refractivity contribution is 5.92. The second-order valence-corrected chi connectivity index (χ2v) is 6.29. The minimum absolute atomic E-state index is 0.129. The molecule has 1 aromatic carbocycles. The van der Waals surface area contributed by atoms with Crippen LogP contribution in [-0.2, 0) is 18.0 Å². The zero-order valence-corrected chi connectivity index (χ0v) is 15.2. The number of hydrogen-bond acceptors (Lipinski definition) is 5. The SMILES string of the molecule is CCOC(=O)c1nn2cc(-c3ccc4c(c3)ncn4C)[nH]c(=O)c2c1C(F)(F)F. The Kier molecular flexibility index (Phi) is 4.17. The highest BCUT2D eigenvalue weighted by Gasteiger charge is 2.42. The second kappa shape index (κ2) is 6.47. The van der Waals surface area contributed by atoms with E-state index in [2.05, 4.69) is 19.8 Å². The standard InChI is InChI=1S/C18H14F3N5O3/c1-3-29-17(28)14-13(18(19,20)21)15-16(27)23-11(7-26(15)24-14)9-4-5-12-10(6-9)22-8-25(12)2/h4-8H,3H2,1-2H3,(H,23,27). The number of aryl methyl sites for hydroxylation is 1. The Hall–Kier alpha value is -3.63. The third-order valence-electron chi connectivity index (χ3n) is 4.41. The van der Waals surface area contributed by atoms with Crippen molar-refractivity contribution in [3.05, 3.63) is 52.3 Å². The van der Waals surface area contributed by atoms with E-state index in [-0.39, 0.29) is 12.3 Å². The molecule has 8 nitrogen and oxygen atoms in total. The summed E-state index contributed by atoms with van der Waals surface area (Å²) in [6, 6.07) is 5.16. The first-order valence-corrected chi connectivity index (χ1v) is 8.52. The number of carbonyl (C=O) groups excluding carboxylic acids is 1. The smallest absolute Gasteiger partial charge is 0.421 e. The van der Waals surface area contributed by atoms with Crippen molar-refractivity contribution in [3.8, 4) is 11.3 Å². The van der Waals surface area contributed by atoms with E-state index in [9.17, 15) is 22.8 Å². The van der Waals surface area contributed by atoms with E-state index in [0.717, 1.165) is 10.0 Å². The van der Waals surface area contributed by atoms with Crippen LogP contribution >= 0.6 is 0 Å². The number of H-pyrrole nitrogens is 1. The van der Waals surface area contributed by atoms with Gasteiger partial charge in [-0.15, -0.1) is 0 Å². The number of imidazole rings is 1. The Morgan fingerprint density at radius 3 is 2.76 bits per heavy atom. The maximum Gasteiger partial charge on any atom is 0.421 e. The van der Waals surface area contributed by atoms with Gasteiger partial charge in [0, 0.05) is 12.6 Å². The summed E-state index contributed by atoms with van der Waals surface area (Å²) in [4.78, 5) is 31.1. The number of nitrogens with zero attached hydrogens (tertiary/aromatic N) is 4. The van der Waals surface area contributed by atoms with Gasteiger partial charge in [0.1, 0.15) is 11.1 Å². The van der Waals surface area contributed by atoms with Crippen LogP contribution in [0.1, 0.15) is 23.0 Å². The number of ether oxygens (including phenoxy) is 1. The van der Waals surface area contributed by atoms with Crippen LogP contribution < -0.4 is 5.56 Å². The van der Waals surface area contributed by atoms with Gasteiger partial charge in [0.25, 0.3) is 5.56 Å². The van der Waals surface area contributed by atoms with E-state index in [0.29, 0.717) is 11.1 Å². The van der Waals surface area contributed by atoms with Crippen molar-refractivity contribution in [1.29, 1.82) is 0 Å². The van der Waals surface area contributed by atoms with Crippen LogP contribution in [-0.4, -0.2) is 36.7 Å². The summed E-state index contributed by atoms with van der Waals surface area (Å²) in [5.41, 5.74) is -1.94. The molecule has 0 fully saturated rings. The Morgan fingerprint density at radius 2 is 2.07 bits per heavy atom. The molecule has 0 aliphatic rings. The predicted octanol–water partition coefficient (Wildman–Crippen LogP) is 2.77. The molecule has 0 radical (unpaired) electrons. The van der Waals surface area contributed by atoms with Gasteiger partial charge in [-0.3, -0.25) is 4.79 Å². The molecule has 4 rings (SSSR count). The number of alkyl halides is 3. The van der Waals surface area contributed by atoms with Crippen LogP contribution in [0.4, 0.5) is 13.2 Å². The van der Waals surface area contributed by atoms with Gasteiger partial charge in [-0.25, -0.2) is 14.3 Å². The number of carbonyl (C=O) groups is 1. The molecule has 0 bridgehead atoms. The van der Waals surface area contributed by atoms with Gasteiger partial charge in [0.2, 0.25) is 0 Å². The number of rotatable bonds is 3. The Labute approximate surface area is 160 Å². The van der Waals surface area contributed by atoms with E-state index >= 15 is 0 Å². The summed E-state index contributed by atoms with van der Waals surface area (Å²) >= 11 is 0. The number of fused-ring (bicyclic) bond motifs is 2.